The number of nitrogens with one attached hydrogen (secondary N) is 1. The fourth-order valence-corrected chi connectivity index (χ4v) is 2.41. The molecular weight excluding hydrogens is 372 g/mol. The largest absolute Gasteiger partial charge is 0.452 e. The van der Waals surface area contributed by atoms with Crippen molar-refractivity contribution in [1.82, 2.24) is 4.90 Å². The first-order valence-electron chi connectivity index (χ1n) is 9.19. The Kier molecular flexibility index (Phi) is 7.36. The Morgan fingerprint density at radius 1 is 1.00 bits per heavy atom. The van der Waals surface area contributed by atoms with E-state index in [2.05, 4.69) is 5.32 Å². The van der Waals surface area contributed by atoms with Gasteiger partial charge in [-0.3, -0.25) is 10.1 Å². The molecule has 7 nitrogen and oxygen atoms in total. The van der Waals surface area contributed by atoms with Crippen molar-refractivity contribution in [2.24, 2.45) is 0 Å². The van der Waals surface area contributed by atoms with Crippen LogP contribution in [-0.4, -0.2) is 42.1 Å². The highest BCUT2D eigenvalue weighted by Gasteiger charge is 2.17. The van der Waals surface area contributed by atoms with Gasteiger partial charge in [-0.2, -0.15) is 0 Å². The Bertz CT molecular complexity index is 859. The second kappa shape index (κ2) is 9.73. The van der Waals surface area contributed by atoms with Crippen molar-refractivity contribution in [3.63, 3.8) is 0 Å². The van der Waals surface area contributed by atoms with Crippen LogP contribution >= 0.6 is 0 Å². The van der Waals surface area contributed by atoms with Crippen LogP contribution in [0.25, 0.3) is 0 Å². The molecule has 0 heterocycles. The number of rotatable bonds is 6. The maximum Gasteiger partial charge on any atom is 0.412 e. The monoisotopic (exact) mass is 398 g/mol. The first kappa shape index (κ1) is 21.9. The van der Waals surface area contributed by atoms with E-state index in [4.69, 9.17) is 9.47 Å². The molecule has 0 aliphatic carbocycles. The first-order chi connectivity index (χ1) is 13.6. The highest BCUT2D eigenvalue weighted by Crippen LogP contribution is 2.14. The Labute approximate surface area is 170 Å². The highest BCUT2D eigenvalue weighted by atomic mass is 16.6. The van der Waals surface area contributed by atoms with E-state index in [1.54, 1.807) is 46.0 Å². The number of benzene rings is 2. The third kappa shape index (κ3) is 7.65. The second-order valence-corrected chi connectivity index (χ2v) is 7.52. The van der Waals surface area contributed by atoms with Gasteiger partial charge in [0.15, 0.2) is 6.61 Å². The SMILES string of the molecule is CN(Cc1ccccc1)C(=O)COC(=O)c1cccc(NC(=O)OC(C)(C)C)c1. The van der Waals surface area contributed by atoms with Crippen LogP contribution < -0.4 is 5.32 Å². The molecule has 0 atom stereocenters. The van der Waals surface area contributed by atoms with Gasteiger partial charge in [0.1, 0.15) is 5.60 Å². The third-order valence-corrected chi connectivity index (χ3v) is 3.76. The van der Waals surface area contributed by atoms with Crippen LogP contribution in [0, 0.1) is 0 Å². The molecule has 0 spiro atoms. The molecule has 0 bridgehead atoms. The van der Waals surface area contributed by atoms with Gasteiger partial charge in [-0.05, 0) is 44.5 Å². The average molecular weight is 398 g/mol. The lowest BCUT2D eigenvalue weighted by molar-refractivity contribution is -0.133. The number of likely N-dealkylation sites (N-methyl/N-ethyl adjacent to an activating group) is 1. The molecule has 0 aromatic heterocycles. The summed E-state index contributed by atoms with van der Waals surface area (Å²) in [6.07, 6.45) is -0.624. The summed E-state index contributed by atoms with van der Waals surface area (Å²) in [5, 5.41) is 2.56. The predicted molar refractivity (Wildman–Crippen MR) is 109 cm³/mol. The summed E-state index contributed by atoms with van der Waals surface area (Å²) >= 11 is 0. The molecule has 2 aromatic carbocycles. The van der Waals surface area contributed by atoms with Gasteiger partial charge in [0, 0.05) is 19.3 Å². The van der Waals surface area contributed by atoms with Crippen molar-refractivity contribution in [3.8, 4) is 0 Å². The Balaban J connectivity index is 1.88. The fraction of sp³-hybridized carbons (Fsp3) is 0.318. The molecule has 1 N–H and O–H groups in total. The van der Waals surface area contributed by atoms with Crippen LogP contribution in [0.3, 0.4) is 0 Å². The number of carbonyl (C=O) groups excluding carboxylic acids is 3. The average Bonchev–Trinajstić information content (AvgIpc) is 2.65. The normalized spacial score (nSPS) is 10.8. The van der Waals surface area contributed by atoms with E-state index >= 15 is 0 Å². The Hall–Kier alpha value is -3.35. The summed E-state index contributed by atoms with van der Waals surface area (Å²) in [6, 6.07) is 15.8. The lowest BCUT2D eigenvalue weighted by Crippen LogP contribution is -2.30. The van der Waals surface area contributed by atoms with Crippen molar-refractivity contribution in [1.29, 1.82) is 0 Å². The zero-order valence-electron chi connectivity index (χ0n) is 17.1. The van der Waals surface area contributed by atoms with Gasteiger partial charge >= 0.3 is 12.1 Å². The van der Waals surface area contributed by atoms with E-state index in [0.717, 1.165) is 5.56 Å². The molecule has 0 unspecified atom stereocenters. The van der Waals surface area contributed by atoms with Crippen LogP contribution in [0.15, 0.2) is 54.6 Å². The molecule has 0 radical (unpaired) electrons. The lowest BCUT2D eigenvalue weighted by Gasteiger charge is -2.19. The maximum absolute atomic E-state index is 12.3. The number of ether oxygens (including phenoxy) is 2. The van der Waals surface area contributed by atoms with E-state index in [0.29, 0.717) is 12.2 Å². The molecule has 0 aliphatic heterocycles. The number of carbonyl (C=O) groups is 3. The van der Waals surface area contributed by atoms with E-state index in [-0.39, 0.29) is 18.1 Å². The molecule has 2 rings (SSSR count). The third-order valence-electron chi connectivity index (χ3n) is 3.76. The van der Waals surface area contributed by atoms with E-state index in [1.165, 1.54) is 11.0 Å². The molecule has 2 aromatic rings. The number of anilines is 1. The fourth-order valence-electron chi connectivity index (χ4n) is 2.41. The van der Waals surface area contributed by atoms with E-state index in [1.807, 2.05) is 30.3 Å². The van der Waals surface area contributed by atoms with Crippen molar-refractivity contribution in [2.75, 3.05) is 19.0 Å². The van der Waals surface area contributed by atoms with Gasteiger partial charge in [-0.1, -0.05) is 36.4 Å². The summed E-state index contributed by atoms with van der Waals surface area (Å²) in [7, 11) is 1.65. The van der Waals surface area contributed by atoms with Crippen LogP contribution in [0.5, 0.6) is 0 Å². The van der Waals surface area contributed by atoms with Crippen molar-refractivity contribution in [2.45, 2.75) is 32.9 Å². The van der Waals surface area contributed by atoms with Gasteiger partial charge in [-0.25, -0.2) is 9.59 Å². The summed E-state index contributed by atoms with van der Waals surface area (Å²) < 4.78 is 10.3. The van der Waals surface area contributed by atoms with Crippen molar-refractivity contribution >= 4 is 23.7 Å². The van der Waals surface area contributed by atoms with Crippen LogP contribution in [-0.2, 0) is 20.8 Å². The molecule has 0 aliphatic rings. The van der Waals surface area contributed by atoms with Gasteiger partial charge in [-0.15, -0.1) is 0 Å². The lowest BCUT2D eigenvalue weighted by atomic mass is 10.2. The molecule has 2 amide bonds. The number of nitrogens with zero attached hydrogens (tertiary/aromatic N) is 1. The zero-order valence-corrected chi connectivity index (χ0v) is 17.1. The summed E-state index contributed by atoms with van der Waals surface area (Å²) in [4.78, 5) is 37.8. The topological polar surface area (TPSA) is 84.9 Å². The zero-order chi connectivity index (χ0) is 21.4. The number of amides is 2. The number of hydrogen-bond donors (Lipinski definition) is 1. The standard InChI is InChI=1S/C22H26N2O5/c1-22(2,3)29-21(27)23-18-12-8-11-17(13-18)20(26)28-15-19(25)24(4)14-16-9-6-5-7-10-16/h5-13H,14-15H2,1-4H3,(H,23,27). The predicted octanol–water partition coefficient (Wildman–Crippen LogP) is 3.85. The molecule has 7 heteroatoms. The molecule has 0 fully saturated rings. The minimum atomic E-state index is -0.653. The molecular formula is C22H26N2O5. The minimum absolute atomic E-state index is 0.220. The molecule has 0 saturated heterocycles. The highest BCUT2D eigenvalue weighted by molar-refractivity contribution is 5.93. The van der Waals surface area contributed by atoms with Crippen LogP contribution in [0.4, 0.5) is 10.5 Å². The maximum atomic E-state index is 12.3. The van der Waals surface area contributed by atoms with Crippen LogP contribution in [0.2, 0.25) is 0 Å². The van der Waals surface area contributed by atoms with Crippen LogP contribution in [0.1, 0.15) is 36.7 Å². The van der Waals surface area contributed by atoms with Gasteiger partial charge in [0.05, 0.1) is 5.56 Å². The Morgan fingerprint density at radius 2 is 1.69 bits per heavy atom. The molecule has 154 valence electrons. The first-order valence-corrected chi connectivity index (χ1v) is 9.19. The second-order valence-electron chi connectivity index (χ2n) is 7.52. The molecule has 29 heavy (non-hydrogen) atoms. The van der Waals surface area contributed by atoms with Crippen molar-refractivity contribution in [3.05, 3.63) is 65.7 Å². The van der Waals surface area contributed by atoms with E-state index < -0.39 is 17.7 Å². The number of esters is 1. The van der Waals surface area contributed by atoms with Gasteiger partial charge in [0.2, 0.25) is 0 Å². The van der Waals surface area contributed by atoms with Gasteiger partial charge in [0.25, 0.3) is 5.91 Å². The Morgan fingerprint density at radius 3 is 2.34 bits per heavy atom. The quantitative estimate of drug-likeness (QED) is 0.747. The summed E-state index contributed by atoms with van der Waals surface area (Å²) in [6.45, 7) is 5.32. The van der Waals surface area contributed by atoms with Gasteiger partial charge < -0.3 is 14.4 Å². The summed E-state index contributed by atoms with van der Waals surface area (Å²) in [5.41, 5.74) is 0.959. The van der Waals surface area contributed by atoms with E-state index in [9.17, 15) is 14.4 Å². The molecule has 0 saturated carbocycles. The van der Waals surface area contributed by atoms with Crippen molar-refractivity contribution < 1.29 is 23.9 Å². The minimum Gasteiger partial charge on any atom is -0.452 e. The smallest absolute Gasteiger partial charge is 0.412 e. The summed E-state index contributed by atoms with van der Waals surface area (Å²) in [5.74, 6) is -0.968. The number of hydrogen-bond acceptors (Lipinski definition) is 5.